The summed E-state index contributed by atoms with van der Waals surface area (Å²) in [5, 5.41) is 8.19. The fraction of sp³-hybridized carbons (Fsp3) is 0.550. The Morgan fingerprint density at radius 3 is 2.80 bits per heavy atom. The van der Waals surface area contributed by atoms with Gasteiger partial charge in [-0.05, 0) is 36.8 Å². The lowest BCUT2D eigenvalue weighted by atomic mass is 10.0. The summed E-state index contributed by atoms with van der Waals surface area (Å²) in [6.45, 7) is 3.51. The summed E-state index contributed by atoms with van der Waals surface area (Å²) in [6, 6.07) is 8.20. The van der Waals surface area contributed by atoms with Gasteiger partial charge in [0.05, 0.1) is 12.7 Å². The molecule has 0 atom stereocenters. The van der Waals surface area contributed by atoms with Gasteiger partial charge in [0.1, 0.15) is 0 Å². The van der Waals surface area contributed by atoms with Gasteiger partial charge in [0.25, 0.3) is 5.91 Å². The Balaban J connectivity index is 1.51. The first-order valence-electron chi connectivity index (χ1n) is 9.33. The number of aromatic nitrogens is 3. The van der Waals surface area contributed by atoms with Crippen molar-refractivity contribution in [3.63, 3.8) is 0 Å². The zero-order chi connectivity index (χ0) is 17.6. The maximum absolute atomic E-state index is 12.5. The second kappa shape index (κ2) is 8.28. The molecule has 0 bridgehead atoms. The molecule has 25 heavy (non-hydrogen) atoms. The van der Waals surface area contributed by atoms with E-state index in [4.69, 9.17) is 0 Å². The van der Waals surface area contributed by atoms with Crippen LogP contribution < -0.4 is 0 Å². The van der Waals surface area contributed by atoms with Gasteiger partial charge in [-0.15, -0.1) is 5.10 Å². The molecule has 0 N–H and O–H groups in total. The van der Waals surface area contributed by atoms with Crippen LogP contribution in [0.15, 0.2) is 30.5 Å². The van der Waals surface area contributed by atoms with Gasteiger partial charge in [-0.3, -0.25) is 4.79 Å². The lowest BCUT2D eigenvalue weighted by Gasteiger charge is -2.16. The van der Waals surface area contributed by atoms with Crippen LogP contribution in [0.3, 0.4) is 0 Å². The molecule has 3 rings (SSSR count). The highest BCUT2D eigenvalue weighted by Gasteiger charge is 2.18. The van der Waals surface area contributed by atoms with E-state index in [1.165, 1.54) is 43.2 Å². The Kier molecular flexibility index (Phi) is 5.84. The van der Waals surface area contributed by atoms with Crippen LogP contribution in [0.5, 0.6) is 0 Å². The molecule has 1 aliphatic rings. The highest BCUT2D eigenvalue weighted by Crippen LogP contribution is 2.28. The lowest BCUT2D eigenvalue weighted by Crippen LogP contribution is -2.28. The van der Waals surface area contributed by atoms with Gasteiger partial charge in [0.15, 0.2) is 5.69 Å². The van der Waals surface area contributed by atoms with Crippen LogP contribution in [-0.2, 0) is 6.54 Å². The fourth-order valence-electron chi connectivity index (χ4n) is 3.65. The van der Waals surface area contributed by atoms with Crippen LogP contribution in [0.4, 0.5) is 0 Å². The quantitative estimate of drug-likeness (QED) is 0.772. The van der Waals surface area contributed by atoms with E-state index in [0.29, 0.717) is 12.2 Å². The summed E-state index contributed by atoms with van der Waals surface area (Å²) in [6.07, 6.45) is 9.55. The third-order valence-electron chi connectivity index (χ3n) is 5.28. The molecule has 1 saturated carbocycles. The molecule has 5 heteroatoms. The van der Waals surface area contributed by atoms with E-state index in [2.05, 4.69) is 29.4 Å². The molecule has 0 aliphatic heterocycles. The molecule has 2 aromatic rings. The molecular weight excluding hydrogens is 312 g/mol. The summed E-state index contributed by atoms with van der Waals surface area (Å²) < 4.78 is 1.74. The molecular formula is C20H28N4O. The molecule has 1 aliphatic carbocycles. The lowest BCUT2D eigenvalue weighted by molar-refractivity contribution is 0.0785. The largest absolute Gasteiger partial charge is 0.340 e. The van der Waals surface area contributed by atoms with Gasteiger partial charge in [-0.1, -0.05) is 55.2 Å². The molecule has 0 saturated heterocycles. The predicted octanol–water partition coefficient (Wildman–Crippen LogP) is 3.68. The topological polar surface area (TPSA) is 51.0 Å². The first-order valence-corrected chi connectivity index (χ1v) is 9.33. The Morgan fingerprint density at radius 2 is 2.04 bits per heavy atom. The van der Waals surface area contributed by atoms with E-state index in [1.807, 2.05) is 19.2 Å². The third kappa shape index (κ3) is 4.68. The fourth-order valence-corrected chi connectivity index (χ4v) is 3.65. The van der Waals surface area contributed by atoms with Crippen molar-refractivity contribution in [3.8, 4) is 0 Å². The number of aryl methyl sites for hydroxylation is 1. The minimum atomic E-state index is -0.0394. The zero-order valence-corrected chi connectivity index (χ0v) is 15.3. The average molecular weight is 340 g/mol. The van der Waals surface area contributed by atoms with E-state index in [1.54, 1.807) is 15.8 Å². The van der Waals surface area contributed by atoms with Crippen LogP contribution in [-0.4, -0.2) is 39.4 Å². The van der Waals surface area contributed by atoms with Crippen molar-refractivity contribution >= 4 is 5.91 Å². The molecule has 0 unspecified atom stereocenters. The number of benzene rings is 1. The van der Waals surface area contributed by atoms with Gasteiger partial charge < -0.3 is 4.90 Å². The molecule has 1 aromatic heterocycles. The number of hydrogen-bond acceptors (Lipinski definition) is 3. The Labute approximate surface area is 150 Å². The SMILES string of the molecule is Cc1ccccc1Cn1cc(C(=O)N(C)CCCC2CCCC2)nn1. The van der Waals surface area contributed by atoms with Crippen LogP contribution in [0.2, 0.25) is 0 Å². The Hall–Kier alpha value is -2.17. The monoisotopic (exact) mass is 340 g/mol. The first-order chi connectivity index (χ1) is 12.1. The number of hydrogen-bond donors (Lipinski definition) is 0. The summed E-state index contributed by atoms with van der Waals surface area (Å²) in [7, 11) is 1.86. The third-order valence-corrected chi connectivity index (χ3v) is 5.28. The van der Waals surface area contributed by atoms with Crippen LogP contribution >= 0.6 is 0 Å². The highest BCUT2D eigenvalue weighted by molar-refractivity contribution is 5.91. The standard InChI is InChI=1S/C20H28N4O/c1-16-8-3-6-12-18(16)14-24-15-19(21-22-24)20(25)23(2)13-7-11-17-9-4-5-10-17/h3,6,8,12,15,17H,4-5,7,9-11,13-14H2,1-2H3. The predicted molar refractivity (Wildman–Crippen MR) is 98.5 cm³/mol. The van der Waals surface area contributed by atoms with Crippen molar-refractivity contribution in [2.24, 2.45) is 5.92 Å². The van der Waals surface area contributed by atoms with Crippen molar-refractivity contribution in [3.05, 3.63) is 47.3 Å². The Bertz CT molecular complexity index is 703. The smallest absolute Gasteiger partial charge is 0.275 e. The molecule has 5 nitrogen and oxygen atoms in total. The molecule has 0 radical (unpaired) electrons. The van der Waals surface area contributed by atoms with Crippen molar-refractivity contribution in [2.45, 2.75) is 52.0 Å². The number of carbonyl (C=O) groups is 1. The minimum Gasteiger partial charge on any atom is -0.340 e. The van der Waals surface area contributed by atoms with Gasteiger partial charge in [-0.2, -0.15) is 0 Å². The van der Waals surface area contributed by atoms with Gasteiger partial charge in [0.2, 0.25) is 0 Å². The minimum absolute atomic E-state index is 0.0394. The van der Waals surface area contributed by atoms with E-state index < -0.39 is 0 Å². The summed E-state index contributed by atoms with van der Waals surface area (Å²) in [5.74, 6) is 0.834. The Morgan fingerprint density at radius 1 is 1.28 bits per heavy atom. The van der Waals surface area contributed by atoms with Crippen molar-refractivity contribution in [2.75, 3.05) is 13.6 Å². The van der Waals surface area contributed by atoms with E-state index in [9.17, 15) is 4.79 Å². The summed E-state index contributed by atoms with van der Waals surface area (Å²) >= 11 is 0. The second-order valence-corrected chi connectivity index (χ2v) is 7.25. The zero-order valence-electron chi connectivity index (χ0n) is 15.3. The number of carbonyl (C=O) groups excluding carboxylic acids is 1. The van der Waals surface area contributed by atoms with Gasteiger partial charge in [0, 0.05) is 13.6 Å². The maximum Gasteiger partial charge on any atom is 0.275 e. The normalized spacial score (nSPS) is 14.8. The average Bonchev–Trinajstić information content (AvgIpc) is 3.28. The number of rotatable bonds is 7. The second-order valence-electron chi connectivity index (χ2n) is 7.25. The van der Waals surface area contributed by atoms with Crippen LogP contribution in [0, 0.1) is 12.8 Å². The highest BCUT2D eigenvalue weighted by atomic mass is 16.2. The van der Waals surface area contributed by atoms with Crippen molar-refractivity contribution in [1.82, 2.24) is 19.9 Å². The molecule has 1 fully saturated rings. The molecule has 1 aromatic carbocycles. The molecule has 134 valence electrons. The summed E-state index contributed by atoms with van der Waals surface area (Å²) in [5.41, 5.74) is 2.84. The summed E-state index contributed by atoms with van der Waals surface area (Å²) in [4.78, 5) is 14.3. The van der Waals surface area contributed by atoms with Crippen molar-refractivity contribution < 1.29 is 4.79 Å². The molecule has 0 spiro atoms. The molecule has 1 heterocycles. The number of nitrogens with zero attached hydrogens (tertiary/aromatic N) is 4. The van der Waals surface area contributed by atoms with E-state index in [-0.39, 0.29) is 5.91 Å². The molecule has 1 amide bonds. The van der Waals surface area contributed by atoms with E-state index in [0.717, 1.165) is 18.9 Å². The van der Waals surface area contributed by atoms with Crippen LogP contribution in [0.25, 0.3) is 0 Å². The van der Waals surface area contributed by atoms with Gasteiger partial charge >= 0.3 is 0 Å². The van der Waals surface area contributed by atoms with Gasteiger partial charge in [-0.25, -0.2) is 4.68 Å². The van der Waals surface area contributed by atoms with Crippen LogP contribution in [0.1, 0.15) is 60.1 Å². The van der Waals surface area contributed by atoms with Crippen molar-refractivity contribution in [1.29, 1.82) is 0 Å². The first kappa shape index (κ1) is 17.6. The van der Waals surface area contributed by atoms with E-state index >= 15 is 0 Å². The maximum atomic E-state index is 12.5. The number of amides is 1.